The van der Waals surface area contributed by atoms with E-state index in [9.17, 15) is 0 Å². The van der Waals surface area contributed by atoms with Crippen molar-refractivity contribution < 1.29 is 5.11 Å². The minimum absolute atomic E-state index is 0.148. The molecule has 1 aromatic heterocycles. The van der Waals surface area contributed by atoms with Crippen LogP contribution in [0, 0.1) is 0 Å². The molecule has 0 spiro atoms. The molecule has 0 aromatic carbocycles. The number of hydrogen-bond donors (Lipinski definition) is 1. The molecule has 0 atom stereocenters. The number of hydrogen-bond acceptors (Lipinski definition) is 3. The largest absolute Gasteiger partial charge is 0.395 e. The normalized spacial score (nSPS) is 11.5. The summed E-state index contributed by atoms with van der Waals surface area (Å²) in [5.74, 6) is 0. The molecule has 18 heavy (non-hydrogen) atoms. The van der Waals surface area contributed by atoms with Crippen molar-refractivity contribution in [3.8, 4) is 0 Å². The summed E-state index contributed by atoms with van der Waals surface area (Å²) in [6.07, 6.45) is 3.81. The highest BCUT2D eigenvalue weighted by atomic mass is 35.5. The van der Waals surface area contributed by atoms with E-state index in [0.29, 0.717) is 29.3 Å². The molecule has 0 saturated carbocycles. The third kappa shape index (κ3) is 4.39. The van der Waals surface area contributed by atoms with Crippen molar-refractivity contribution in [2.45, 2.75) is 39.3 Å². The molecule has 0 fully saturated rings. The standard InChI is InChI=1S/C13H20Cl2N2O/c1-3-11(4-2)17(5-6-18)9-10-8-16-13(15)7-12(10)14/h7-8,11,18H,3-6,9H2,1-2H3. The van der Waals surface area contributed by atoms with Crippen molar-refractivity contribution >= 4 is 23.2 Å². The van der Waals surface area contributed by atoms with Gasteiger partial charge in [0.1, 0.15) is 5.15 Å². The molecule has 3 nitrogen and oxygen atoms in total. The first-order valence-electron chi connectivity index (χ1n) is 6.27. The molecule has 0 aliphatic heterocycles. The Morgan fingerprint density at radius 2 is 2.00 bits per heavy atom. The van der Waals surface area contributed by atoms with Crippen LogP contribution in [0.5, 0.6) is 0 Å². The van der Waals surface area contributed by atoms with Crippen LogP contribution in [0.15, 0.2) is 12.3 Å². The maximum Gasteiger partial charge on any atom is 0.130 e. The molecule has 0 aliphatic carbocycles. The highest BCUT2D eigenvalue weighted by Gasteiger charge is 2.16. The van der Waals surface area contributed by atoms with Gasteiger partial charge in [-0.3, -0.25) is 4.90 Å². The van der Waals surface area contributed by atoms with Gasteiger partial charge in [-0.2, -0.15) is 0 Å². The van der Waals surface area contributed by atoms with E-state index < -0.39 is 0 Å². The van der Waals surface area contributed by atoms with Crippen LogP contribution < -0.4 is 0 Å². The molecule has 1 N–H and O–H groups in total. The van der Waals surface area contributed by atoms with Gasteiger partial charge in [0.05, 0.1) is 6.61 Å². The average Bonchev–Trinajstić information content (AvgIpc) is 2.34. The highest BCUT2D eigenvalue weighted by Crippen LogP contribution is 2.22. The van der Waals surface area contributed by atoms with Crippen molar-refractivity contribution in [3.05, 3.63) is 28.0 Å². The van der Waals surface area contributed by atoms with Gasteiger partial charge in [-0.1, -0.05) is 37.0 Å². The summed E-state index contributed by atoms with van der Waals surface area (Å²) in [5, 5.41) is 10.2. The third-order valence-electron chi connectivity index (χ3n) is 3.12. The summed E-state index contributed by atoms with van der Waals surface area (Å²) < 4.78 is 0. The van der Waals surface area contributed by atoms with E-state index in [1.165, 1.54) is 0 Å². The minimum atomic E-state index is 0.148. The molecule has 0 amide bonds. The van der Waals surface area contributed by atoms with Gasteiger partial charge in [0.15, 0.2) is 0 Å². The quantitative estimate of drug-likeness (QED) is 0.782. The fraction of sp³-hybridized carbons (Fsp3) is 0.615. The molecule has 0 unspecified atom stereocenters. The fourth-order valence-electron chi connectivity index (χ4n) is 2.10. The Kier molecular flexibility index (Phi) is 6.94. The molecular weight excluding hydrogens is 271 g/mol. The zero-order chi connectivity index (χ0) is 13.5. The zero-order valence-corrected chi connectivity index (χ0v) is 12.4. The van der Waals surface area contributed by atoms with Crippen LogP contribution in [0.3, 0.4) is 0 Å². The number of rotatable bonds is 7. The number of nitrogens with zero attached hydrogens (tertiary/aromatic N) is 2. The van der Waals surface area contributed by atoms with Crippen LogP contribution in [-0.4, -0.2) is 34.2 Å². The van der Waals surface area contributed by atoms with E-state index in [4.69, 9.17) is 28.3 Å². The Hall–Kier alpha value is -0.350. The fourth-order valence-corrected chi connectivity index (χ4v) is 2.52. The monoisotopic (exact) mass is 290 g/mol. The lowest BCUT2D eigenvalue weighted by atomic mass is 10.1. The maximum absolute atomic E-state index is 9.16. The van der Waals surface area contributed by atoms with Crippen LogP contribution in [0.2, 0.25) is 10.2 Å². The number of aromatic nitrogens is 1. The summed E-state index contributed by atoms with van der Waals surface area (Å²) in [6, 6.07) is 2.10. The molecule has 0 radical (unpaired) electrons. The topological polar surface area (TPSA) is 36.4 Å². The lowest BCUT2D eigenvalue weighted by molar-refractivity contribution is 0.136. The predicted molar refractivity (Wildman–Crippen MR) is 76.1 cm³/mol. The van der Waals surface area contributed by atoms with Gasteiger partial charge in [-0.15, -0.1) is 0 Å². The van der Waals surface area contributed by atoms with Crippen molar-refractivity contribution in [3.63, 3.8) is 0 Å². The molecule has 0 saturated heterocycles. The zero-order valence-electron chi connectivity index (χ0n) is 10.9. The first kappa shape index (κ1) is 15.7. The van der Waals surface area contributed by atoms with Crippen molar-refractivity contribution in [1.82, 2.24) is 9.88 Å². The van der Waals surface area contributed by atoms with Gasteiger partial charge in [0.2, 0.25) is 0 Å². The lowest BCUT2D eigenvalue weighted by Crippen LogP contribution is -2.36. The third-order valence-corrected chi connectivity index (χ3v) is 3.67. The van der Waals surface area contributed by atoms with Gasteiger partial charge in [-0.25, -0.2) is 4.98 Å². The molecule has 1 heterocycles. The average molecular weight is 291 g/mol. The Morgan fingerprint density at radius 3 is 2.50 bits per heavy atom. The highest BCUT2D eigenvalue weighted by molar-refractivity contribution is 6.34. The summed E-state index contributed by atoms with van der Waals surface area (Å²) in [5.41, 5.74) is 0.946. The number of aliphatic hydroxyl groups is 1. The van der Waals surface area contributed by atoms with Crippen molar-refractivity contribution in [2.75, 3.05) is 13.2 Å². The predicted octanol–water partition coefficient (Wildman–Crippen LogP) is 3.37. The molecule has 0 aliphatic rings. The number of pyridine rings is 1. The van der Waals surface area contributed by atoms with Gasteiger partial charge in [0.25, 0.3) is 0 Å². The minimum Gasteiger partial charge on any atom is -0.395 e. The summed E-state index contributed by atoms with van der Waals surface area (Å²) in [6.45, 7) is 5.79. The summed E-state index contributed by atoms with van der Waals surface area (Å²) in [7, 11) is 0. The second kappa shape index (κ2) is 7.95. The van der Waals surface area contributed by atoms with E-state index in [1.54, 1.807) is 12.3 Å². The van der Waals surface area contributed by atoms with Crippen LogP contribution in [0.1, 0.15) is 32.3 Å². The molecule has 0 bridgehead atoms. The van der Waals surface area contributed by atoms with Crippen LogP contribution >= 0.6 is 23.2 Å². The van der Waals surface area contributed by atoms with Crippen LogP contribution in [-0.2, 0) is 6.54 Å². The van der Waals surface area contributed by atoms with Gasteiger partial charge in [0, 0.05) is 35.9 Å². The molecule has 1 rings (SSSR count). The first-order valence-corrected chi connectivity index (χ1v) is 7.02. The lowest BCUT2D eigenvalue weighted by Gasteiger charge is -2.30. The summed E-state index contributed by atoms with van der Waals surface area (Å²) in [4.78, 5) is 6.29. The second-order valence-electron chi connectivity index (χ2n) is 4.26. The first-order chi connectivity index (χ1) is 8.62. The van der Waals surface area contributed by atoms with Crippen molar-refractivity contribution in [2.24, 2.45) is 0 Å². The molecule has 102 valence electrons. The van der Waals surface area contributed by atoms with Gasteiger partial charge >= 0.3 is 0 Å². The second-order valence-corrected chi connectivity index (χ2v) is 5.06. The Bertz CT molecular complexity index is 370. The van der Waals surface area contributed by atoms with E-state index in [-0.39, 0.29) is 6.61 Å². The Morgan fingerprint density at radius 1 is 1.33 bits per heavy atom. The van der Waals surface area contributed by atoms with Gasteiger partial charge in [-0.05, 0) is 18.9 Å². The van der Waals surface area contributed by atoms with Crippen LogP contribution in [0.4, 0.5) is 0 Å². The SMILES string of the molecule is CCC(CC)N(CCO)Cc1cnc(Cl)cc1Cl. The molecule has 1 aromatic rings. The van der Waals surface area contributed by atoms with Crippen molar-refractivity contribution in [1.29, 1.82) is 0 Å². The summed E-state index contributed by atoms with van der Waals surface area (Å²) >= 11 is 11.9. The molecule has 5 heteroatoms. The smallest absolute Gasteiger partial charge is 0.130 e. The Labute approximate surface area is 119 Å². The number of halogens is 2. The van der Waals surface area contributed by atoms with Crippen LogP contribution in [0.25, 0.3) is 0 Å². The Balaban J connectivity index is 2.82. The van der Waals surface area contributed by atoms with E-state index in [2.05, 4.69) is 23.7 Å². The van der Waals surface area contributed by atoms with E-state index in [0.717, 1.165) is 18.4 Å². The maximum atomic E-state index is 9.16. The van der Waals surface area contributed by atoms with Gasteiger partial charge < -0.3 is 5.11 Å². The number of aliphatic hydroxyl groups excluding tert-OH is 1. The van der Waals surface area contributed by atoms with E-state index in [1.807, 2.05) is 0 Å². The van der Waals surface area contributed by atoms with E-state index >= 15 is 0 Å². The molecular formula is C13H20Cl2N2O.